The number of rotatable bonds is 3. The molecule has 2 heterocycles. The summed E-state index contributed by atoms with van der Waals surface area (Å²) < 4.78 is 8.09. The number of anilines is 1. The first kappa shape index (κ1) is 13.2. The summed E-state index contributed by atoms with van der Waals surface area (Å²) >= 11 is 3.47. The molecule has 1 aliphatic rings. The third kappa shape index (κ3) is 2.20. The van der Waals surface area contributed by atoms with Gasteiger partial charge >= 0.3 is 0 Å². The van der Waals surface area contributed by atoms with E-state index in [0.29, 0.717) is 18.0 Å². The van der Waals surface area contributed by atoms with Crippen molar-refractivity contribution in [2.75, 3.05) is 12.3 Å². The van der Waals surface area contributed by atoms with Crippen molar-refractivity contribution in [2.24, 2.45) is 7.05 Å². The fourth-order valence-electron chi connectivity index (χ4n) is 2.41. The summed E-state index contributed by atoms with van der Waals surface area (Å²) in [6.07, 6.45) is 2.65. The van der Waals surface area contributed by atoms with E-state index >= 15 is 0 Å². The van der Waals surface area contributed by atoms with Gasteiger partial charge in [0.05, 0.1) is 18.4 Å². The van der Waals surface area contributed by atoms with Crippen LogP contribution in [0.4, 0.5) is 5.82 Å². The highest BCUT2D eigenvalue weighted by Crippen LogP contribution is 2.33. The number of fused-ring (bicyclic) bond motifs is 1. The maximum Gasteiger partial charge on any atom is 0.172 e. The molecule has 1 aromatic heterocycles. The predicted molar refractivity (Wildman–Crippen MR) is 79.0 cm³/mol. The maximum atomic E-state index is 12.4. The number of ether oxygens (including phenoxy) is 1. The van der Waals surface area contributed by atoms with E-state index in [-0.39, 0.29) is 12.2 Å². The fourth-order valence-corrected chi connectivity index (χ4v) is 2.96. The Morgan fingerprint density at radius 1 is 1.55 bits per heavy atom. The van der Waals surface area contributed by atoms with Gasteiger partial charge in [-0.2, -0.15) is 5.10 Å². The Morgan fingerprint density at radius 2 is 2.35 bits per heavy atom. The molecule has 2 aromatic rings. The summed E-state index contributed by atoms with van der Waals surface area (Å²) in [6.45, 7) is 0.669. The van der Waals surface area contributed by atoms with Crippen molar-refractivity contribution in [3.05, 3.63) is 39.5 Å². The maximum absolute atomic E-state index is 12.4. The molecule has 20 heavy (non-hydrogen) atoms. The zero-order valence-electron chi connectivity index (χ0n) is 11.0. The molecule has 0 unspecified atom stereocenters. The van der Waals surface area contributed by atoms with Crippen molar-refractivity contribution in [3.63, 3.8) is 0 Å². The Morgan fingerprint density at radius 3 is 3.05 bits per heavy atom. The minimum atomic E-state index is -0.0496. The van der Waals surface area contributed by atoms with Crippen LogP contribution in [-0.4, -0.2) is 22.2 Å². The number of nitrogen functional groups attached to an aromatic ring is 1. The van der Waals surface area contributed by atoms with E-state index in [1.54, 1.807) is 7.05 Å². The summed E-state index contributed by atoms with van der Waals surface area (Å²) in [6, 6.07) is 3.96. The van der Waals surface area contributed by atoms with Crippen LogP contribution >= 0.6 is 15.9 Å². The number of carbonyl (C=O) groups excluding carboxylic acids is 1. The fraction of sp³-hybridized carbons (Fsp3) is 0.286. The number of ketones is 1. The molecule has 1 aliphatic heterocycles. The number of hydrogen-bond donors (Lipinski definition) is 1. The van der Waals surface area contributed by atoms with Crippen LogP contribution < -0.4 is 10.5 Å². The summed E-state index contributed by atoms with van der Waals surface area (Å²) in [7, 11) is 1.71. The lowest BCUT2D eigenvalue weighted by molar-refractivity contribution is 0.0993. The van der Waals surface area contributed by atoms with E-state index in [0.717, 1.165) is 27.8 Å². The van der Waals surface area contributed by atoms with Crippen LogP contribution in [0.15, 0.2) is 22.8 Å². The van der Waals surface area contributed by atoms with Crippen molar-refractivity contribution in [3.8, 4) is 5.75 Å². The number of carbonyl (C=O) groups is 1. The molecule has 0 radical (unpaired) electrons. The van der Waals surface area contributed by atoms with Gasteiger partial charge in [0.25, 0.3) is 0 Å². The minimum Gasteiger partial charge on any atom is -0.493 e. The molecule has 0 aliphatic carbocycles. The standard InChI is InChI=1S/C14H14BrN3O2/c1-18-14(16)11(7-17-18)12(19)6-9-5-10(15)4-8-2-3-20-13(8)9/h4-5,7H,2-3,6,16H2,1H3. The molecule has 6 heteroatoms. The van der Waals surface area contributed by atoms with Gasteiger partial charge in [0, 0.05) is 29.9 Å². The highest BCUT2D eigenvalue weighted by molar-refractivity contribution is 9.10. The number of aromatic nitrogens is 2. The Labute approximate surface area is 124 Å². The summed E-state index contributed by atoms with van der Waals surface area (Å²) in [5.41, 5.74) is 8.33. The van der Waals surface area contributed by atoms with Gasteiger partial charge in [0.2, 0.25) is 0 Å². The summed E-state index contributed by atoms with van der Waals surface area (Å²) in [5.74, 6) is 1.18. The first-order chi connectivity index (χ1) is 9.56. The Kier molecular flexibility index (Phi) is 3.25. The molecule has 2 N–H and O–H groups in total. The van der Waals surface area contributed by atoms with Crippen LogP contribution in [0, 0.1) is 0 Å². The Hall–Kier alpha value is -1.82. The van der Waals surface area contributed by atoms with E-state index in [4.69, 9.17) is 10.5 Å². The predicted octanol–water partition coefficient (Wildman–Crippen LogP) is 2.13. The summed E-state index contributed by atoms with van der Waals surface area (Å²) in [5, 5.41) is 4.00. The lowest BCUT2D eigenvalue weighted by atomic mass is 10.0. The molecule has 5 nitrogen and oxygen atoms in total. The zero-order chi connectivity index (χ0) is 14.3. The third-order valence-corrected chi connectivity index (χ3v) is 3.92. The van der Waals surface area contributed by atoms with Crippen molar-refractivity contribution < 1.29 is 9.53 Å². The van der Waals surface area contributed by atoms with Gasteiger partial charge in [0.1, 0.15) is 11.6 Å². The zero-order valence-corrected chi connectivity index (χ0v) is 12.6. The average molecular weight is 336 g/mol. The molecule has 104 valence electrons. The molecule has 3 rings (SSSR count). The lowest BCUT2D eigenvalue weighted by Gasteiger charge is -2.08. The monoisotopic (exact) mass is 335 g/mol. The average Bonchev–Trinajstić information content (AvgIpc) is 2.97. The third-order valence-electron chi connectivity index (χ3n) is 3.46. The molecule has 0 saturated carbocycles. The summed E-state index contributed by atoms with van der Waals surface area (Å²) in [4.78, 5) is 12.4. The van der Waals surface area contributed by atoms with E-state index < -0.39 is 0 Å². The largest absolute Gasteiger partial charge is 0.493 e. The van der Waals surface area contributed by atoms with Crippen molar-refractivity contribution in [1.82, 2.24) is 9.78 Å². The van der Waals surface area contributed by atoms with Crippen molar-refractivity contribution >= 4 is 27.5 Å². The SMILES string of the molecule is Cn1ncc(C(=O)Cc2cc(Br)cc3c2OCC3)c1N. The molecule has 0 fully saturated rings. The van der Waals surface area contributed by atoms with E-state index in [9.17, 15) is 4.79 Å². The van der Waals surface area contributed by atoms with Crippen LogP contribution in [-0.2, 0) is 19.9 Å². The van der Waals surface area contributed by atoms with Gasteiger partial charge in [0.15, 0.2) is 5.78 Å². The number of halogens is 1. The normalized spacial score (nSPS) is 13.1. The van der Waals surface area contributed by atoms with Crippen molar-refractivity contribution in [2.45, 2.75) is 12.8 Å². The number of nitrogens with two attached hydrogens (primary N) is 1. The van der Waals surface area contributed by atoms with Crippen LogP contribution in [0.3, 0.4) is 0 Å². The van der Waals surface area contributed by atoms with Gasteiger partial charge in [-0.05, 0) is 17.7 Å². The molecular formula is C14H14BrN3O2. The van der Waals surface area contributed by atoms with Gasteiger partial charge < -0.3 is 10.5 Å². The van der Waals surface area contributed by atoms with Gasteiger partial charge in [-0.15, -0.1) is 0 Å². The molecule has 0 atom stereocenters. The van der Waals surface area contributed by atoms with Crippen LogP contribution in [0.2, 0.25) is 0 Å². The number of aryl methyl sites for hydroxylation is 1. The second kappa shape index (κ2) is 4.94. The number of nitrogens with zero attached hydrogens (tertiary/aromatic N) is 2. The molecule has 0 saturated heterocycles. The number of benzene rings is 1. The first-order valence-corrected chi connectivity index (χ1v) is 7.10. The van der Waals surface area contributed by atoms with Crippen LogP contribution in [0.5, 0.6) is 5.75 Å². The second-order valence-electron chi connectivity index (χ2n) is 4.82. The minimum absolute atomic E-state index is 0.0496. The Balaban J connectivity index is 1.92. The molecule has 1 aromatic carbocycles. The molecule has 0 amide bonds. The van der Waals surface area contributed by atoms with Crippen LogP contribution in [0.1, 0.15) is 21.5 Å². The quantitative estimate of drug-likeness (QED) is 0.872. The van der Waals surface area contributed by atoms with Gasteiger partial charge in [-0.25, -0.2) is 0 Å². The second-order valence-corrected chi connectivity index (χ2v) is 5.73. The van der Waals surface area contributed by atoms with E-state index in [1.807, 2.05) is 12.1 Å². The Bertz CT molecular complexity index is 694. The molecule has 0 spiro atoms. The highest BCUT2D eigenvalue weighted by Gasteiger charge is 2.21. The first-order valence-electron chi connectivity index (χ1n) is 6.31. The van der Waals surface area contributed by atoms with Gasteiger partial charge in [-0.1, -0.05) is 15.9 Å². The number of hydrogen-bond acceptors (Lipinski definition) is 4. The molecule has 0 bridgehead atoms. The van der Waals surface area contributed by atoms with Crippen LogP contribution in [0.25, 0.3) is 0 Å². The molecular weight excluding hydrogens is 322 g/mol. The smallest absolute Gasteiger partial charge is 0.172 e. The van der Waals surface area contributed by atoms with E-state index in [1.165, 1.54) is 10.9 Å². The lowest BCUT2D eigenvalue weighted by Crippen LogP contribution is -2.08. The topological polar surface area (TPSA) is 70.1 Å². The highest BCUT2D eigenvalue weighted by atomic mass is 79.9. The van der Waals surface area contributed by atoms with Gasteiger partial charge in [-0.3, -0.25) is 9.48 Å². The van der Waals surface area contributed by atoms with E-state index in [2.05, 4.69) is 21.0 Å². The van der Waals surface area contributed by atoms with Crippen molar-refractivity contribution in [1.29, 1.82) is 0 Å². The number of Topliss-reactive ketones (excluding diaryl/α,β-unsaturated/α-hetero) is 1.